The number of nitrogens with zero attached hydrogens (tertiary/aromatic N) is 6. The zero-order valence-electron chi connectivity index (χ0n) is 38.3. The number of azo groups is 3. The Labute approximate surface area is 503 Å². The molecule has 7 N–H and O–H groups in total. The van der Waals surface area contributed by atoms with Crippen LogP contribution in [-0.2, 0) is 40.5 Å². The summed E-state index contributed by atoms with van der Waals surface area (Å²) in [5, 5.41) is 48.8. The first kappa shape index (κ1) is 61.5. The number of hydrogen-bond donors (Lipinski definition) is 5. The standard InChI is InChI=1S/C42H31N9O14S4.4Na/c43-23-1-9-29-21(15-23)17-37(68(60,61)62)39(41(29)52)50-46-26-5-3-25(4-6-26)45-35-12-7-27(19-36(35)67(57,58)59)47-48-34-14-13-33(31-11-8-28(20-32(31)34)66(54,55)56)49-51-40-38(69(63,64)65)18-22-16-24(44)2-10-30(22)42(40)53;;;;/h1-20,45,52-53H,43-44H2,(H,54,55,56)(H,57,58,59)(H,60,61,62)(H,63,64,65);;;;/q;4*+1/p-4. The molecule has 73 heavy (non-hydrogen) atoms. The molecule has 0 amide bonds. The molecular weight excluding hydrogens is 1070 g/mol. The number of rotatable bonds is 12. The average Bonchev–Trinajstić information content (AvgIpc) is 3.27. The molecule has 0 unspecified atom stereocenters. The van der Waals surface area contributed by atoms with Crippen molar-refractivity contribution in [3.63, 3.8) is 0 Å². The zero-order valence-corrected chi connectivity index (χ0v) is 49.6. The van der Waals surface area contributed by atoms with E-state index in [2.05, 4.69) is 36.0 Å². The SMILES string of the molecule is Nc1ccc2c(O)c(N=Nc3ccc(Nc4ccc(N=Nc5ccc(N=Nc6c(S(=O)(=O)[O-])cc7cc(N)ccc7c6O)c6ccc(S(=O)(=O)[O-])cc56)cc4S(=O)(=O)[O-])cc3)c(S(=O)(=O)[O-])cc2c1.[Na+].[Na+].[Na+].[Na+]. The maximum atomic E-state index is 12.5. The fourth-order valence-corrected chi connectivity index (χ4v) is 9.36. The Bertz CT molecular complexity index is 4060. The van der Waals surface area contributed by atoms with Crippen molar-refractivity contribution < 1.29 is 180 Å². The van der Waals surface area contributed by atoms with Gasteiger partial charge in [-0.15, -0.1) is 20.5 Å². The van der Waals surface area contributed by atoms with Crippen LogP contribution in [0.2, 0.25) is 0 Å². The quantitative estimate of drug-likeness (QED) is 0.0341. The van der Waals surface area contributed by atoms with Crippen molar-refractivity contribution in [3.8, 4) is 11.5 Å². The van der Waals surface area contributed by atoms with E-state index in [-0.39, 0.29) is 196 Å². The predicted octanol–water partition coefficient (Wildman–Crippen LogP) is -3.66. The molecule has 0 heterocycles. The van der Waals surface area contributed by atoms with E-state index >= 15 is 0 Å². The summed E-state index contributed by atoms with van der Waals surface area (Å²) in [5.41, 5.74) is 10.3. The third kappa shape index (κ3) is 13.9. The fourth-order valence-electron chi connectivity index (χ4n) is 6.91. The summed E-state index contributed by atoms with van der Waals surface area (Å²) in [7, 11) is -20.7. The van der Waals surface area contributed by atoms with E-state index in [1.807, 2.05) is 0 Å². The molecule has 0 radical (unpaired) electrons. The van der Waals surface area contributed by atoms with Gasteiger partial charge in [0.05, 0.1) is 48.0 Å². The summed E-state index contributed by atoms with van der Waals surface area (Å²) in [5.74, 6) is -1.36. The van der Waals surface area contributed by atoms with Gasteiger partial charge in [-0.05, 0) is 126 Å². The Kier molecular flexibility index (Phi) is 20.1. The van der Waals surface area contributed by atoms with Gasteiger partial charge in [0, 0.05) is 38.6 Å². The van der Waals surface area contributed by atoms with E-state index < -0.39 is 82.9 Å². The van der Waals surface area contributed by atoms with Crippen LogP contribution < -0.4 is 135 Å². The molecule has 8 rings (SSSR count). The Hall–Kier alpha value is -4.02. The van der Waals surface area contributed by atoms with Crippen molar-refractivity contribution in [1.82, 2.24) is 0 Å². The normalized spacial score (nSPS) is 12.2. The van der Waals surface area contributed by atoms with Gasteiger partial charge in [0.15, 0.2) is 11.5 Å². The molecule has 0 bridgehead atoms. The zero-order chi connectivity index (χ0) is 49.8. The molecule has 8 aromatic rings. The van der Waals surface area contributed by atoms with Gasteiger partial charge in [0.2, 0.25) is 0 Å². The van der Waals surface area contributed by atoms with E-state index in [0.717, 1.165) is 36.4 Å². The predicted molar refractivity (Wildman–Crippen MR) is 245 cm³/mol. The number of nitrogen functional groups attached to an aromatic ring is 2. The Morgan fingerprint density at radius 3 is 1.34 bits per heavy atom. The van der Waals surface area contributed by atoms with E-state index in [4.69, 9.17) is 11.5 Å². The molecule has 0 aliphatic heterocycles. The van der Waals surface area contributed by atoms with Crippen molar-refractivity contribution in [1.29, 1.82) is 0 Å². The molecule has 8 aromatic carbocycles. The molecule has 31 heteroatoms. The number of anilines is 4. The summed E-state index contributed by atoms with van der Waals surface area (Å²) in [6, 6.07) is 24.6. The fraction of sp³-hybridized carbons (Fsp3) is 0. The number of fused-ring (bicyclic) bond motifs is 3. The number of hydrogen-bond acceptors (Lipinski definition) is 23. The molecule has 0 spiro atoms. The number of phenolic OH excluding ortho intramolecular Hbond substituents is 2. The minimum Gasteiger partial charge on any atom is -0.744 e. The van der Waals surface area contributed by atoms with Crippen LogP contribution in [0.3, 0.4) is 0 Å². The number of nitrogens with one attached hydrogen (secondary N) is 1. The molecule has 0 aliphatic rings. The van der Waals surface area contributed by atoms with Gasteiger partial charge in [0.25, 0.3) is 0 Å². The van der Waals surface area contributed by atoms with Gasteiger partial charge in [-0.3, -0.25) is 0 Å². The van der Waals surface area contributed by atoms with E-state index in [1.165, 1.54) is 84.9 Å². The average molecular weight is 1100 g/mol. The molecular formula is C42H27N9Na4O14S4. The van der Waals surface area contributed by atoms with E-state index in [9.17, 15) is 62.1 Å². The number of phenols is 2. The van der Waals surface area contributed by atoms with Gasteiger partial charge in [0.1, 0.15) is 51.8 Å². The van der Waals surface area contributed by atoms with Gasteiger partial charge in [-0.25, -0.2) is 33.7 Å². The third-order valence-corrected chi connectivity index (χ3v) is 13.5. The second-order valence-corrected chi connectivity index (χ2v) is 20.1. The van der Waals surface area contributed by atoms with Crippen molar-refractivity contribution >= 4 is 130 Å². The molecule has 352 valence electrons. The first-order valence-corrected chi connectivity index (χ1v) is 24.8. The monoisotopic (exact) mass is 1100 g/mol. The molecule has 0 aromatic heterocycles. The van der Waals surface area contributed by atoms with Gasteiger partial charge < -0.3 is 45.2 Å². The molecule has 0 aliphatic carbocycles. The molecule has 0 atom stereocenters. The van der Waals surface area contributed by atoms with Crippen molar-refractivity contribution in [2.45, 2.75) is 19.6 Å². The summed E-state index contributed by atoms with van der Waals surface area (Å²) in [6.45, 7) is 0. The van der Waals surface area contributed by atoms with Crippen LogP contribution in [0.1, 0.15) is 0 Å². The van der Waals surface area contributed by atoms with Crippen LogP contribution in [0.4, 0.5) is 56.9 Å². The van der Waals surface area contributed by atoms with Crippen molar-refractivity contribution in [2.24, 2.45) is 30.7 Å². The van der Waals surface area contributed by atoms with E-state index in [0.29, 0.717) is 0 Å². The van der Waals surface area contributed by atoms with Crippen LogP contribution in [0, 0.1) is 0 Å². The Morgan fingerprint density at radius 2 is 0.849 bits per heavy atom. The molecule has 0 fully saturated rings. The van der Waals surface area contributed by atoms with Gasteiger partial charge >= 0.3 is 118 Å². The summed E-state index contributed by atoms with van der Waals surface area (Å²) in [6.07, 6.45) is 0. The van der Waals surface area contributed by atoms with Crippen LogP contribution in [0.25, 0.3) is 32.3 Å². The Balaban J connectivity index is 0.00000289. The van der Waals surface area contributed by atoms with Crippen molar-refractivity contribution in [3.05, 3.63) is 121 Å². The van der Waals surface area contributed by atoms with Crippen LogP contribution in [0.15, 0.2) is 172 Å². The summed E-state index contributed by atoms with van der Waals surface area (Å²) < 4.78 is 146. The number of aromatic hydroxyl groups is 2. The molecule has 23 nitrogen and oxygen atoms in total. The van der Waals surface area contributed by atoms with Gasteiger partial charge in [-0.2, -0.15) is 10.2 Å². The maximum Gasteiger partial charge on any atom is 1.00 e. The van der Waals surface area contributed by atoms with Crippen LogP contribution >= 0.6 is 0 Å². The minimum absolute atomic E-state index is 0. The second kappa shape index (κ2) is 23.9. The summed E-state index contributed by atoms with van der Waals surface area (Å²) >= 11 is 0. The molecule has 0 saturated heterocycles. The number of nitrogens with two attached hydrogens (primary N) is 2. The third-order valence-electron chi connectivity index (χ3n) is 10.1. The molecule has 0 saturated carbocycles. The number of benzene rings is 8. The van der Waals surface area contributed by atoms with Crippen LogP contribution in [0.5, 0.6) is 11.5 Å². The first-order chi connectivity index (χ1) is 32.3. The first-order valence-electron chi connectivity index (χ1n) is 19.1. The Morgan fingerprint density at radius 1 is 0.411 bits per heavy atom. The van der Waals surface area contributed by atoms with Crippen LogP contribution in [-0.4, -0.2) is 62.1 Å². The summed E-state index contributed by atoms with van der Waals surface area (Å²) in [4.78, 5) is -3.28. The van der Waals surface area contributed by atoms with Gasteiger partial charge in [-0.1, -0.05) is 6.07 Å². The van der Waals surface area contributed by atoms with E-state index in [1.54, 1.807) is 0 Å². The smallest absolute Gasteiger partial charge is 0.744 e. The maximum absolute atomic E-state index is 12.5. The minimum atomic E-state index is -5.26. The topological polar surface area (TPSA) is 407 Å². The largest absolute Gasteiger partial charge is 1.00 e. The second-order valence-electron chi connectivity index (χ2n) is 14.7. The van der Waals surface area contributed by atoms with Crippen molar-refractivity contribution in [2.75, 3.05) is 16.8 Å².